The number of aryl methyl sites for hydroxylation is 2. The first-order chi connectivity index (χ1) is 7.24. The van der Waals surface area contributed by atoms with E-state index in [1.807, 2.05) is 6.92 Å². The molecule has 0 saturated carbocycles. The number of anilines is 1. The normalized spacial score (nSPS) is 10.3. The summed E-state index contributed by atoms with van der Waals surface area (Å²) in [6, 6.07) is 0.398. The predicted molar refractivity (Wildman–Crippen MR) is 53.1 cm³/mol. The third kappa shape index (κ3) is 2.49. The lowest BCUT2D eigenvalue weighted by molar-refractivity contribution is 0.425. The van der Waals surface area contributed by atoms with Gasteiger partial charge in [0.25, 0.3) is 0 Å². The number of nitrogens with zero attached hydrogens (tertiary/aromatic N) is 4. The highest BCUT2D eigenvalue weighted by molar-refractivity contribution is 5.19. The highest BCUT2D eigenvalue weighted by Crippen LogP contribution is 2.04. The standard InChI is InChI=1S/C9H11N5O/c1-6-3-11-8(4-10-6)5-12-9-13-7(2)14-15-9/h3-4H,5H2,1-2H3,(H,12,13,14). The van der Waals surface area contributed by atoms with E-state index in [9.17, 15) is 0 Å². The molecule has 0 aliphatic rings. The van der Waals surface area contributed by atoms with Crippen molar-refractivity contribution >= 4 is 6.01 Å². The molecule has 0 spiro atoms. The lowest BCUT2D eigenvalue weighted by Crippen LogP contribution is -2.02. The highest BCUT2D eigenvalue weighted by atomic mass is 16.5. The van der Waals surface area contributed by atoms with Crippen LogP contribution in [0.5, 0.6) is 0 Å². The first kappa shape index (κ1) is 9.57. The fourth-order valence-corrected chi connectivity index (χ4v) is 1.05. The van der Waals surface area contributed by atoms with Crippen LogP contribution in [0.1, 0.15) is 17.2 Å². The van der Waals surface area contributed by atoms with Crippen LogP contribution in [0.4, 0.5) is 6.01 Å². The maximum atomic E-state index is 4.89. The van der Waals surface area contributed by atoms with E-state index < -0.39 is 0 Å². The molecule has 2 heterocycles. The Labute approximate surface area is 86.8 Å². The van der Waals surface area contributed by atoms with Crippen LogP contribution in [0, 0.1) is 13.8 Å². The van der Waals surface area contributed by atoms with Crippen molar-refractivity contribution < 1.29 is 4.52 Å². The van der Waals surface area contributed by atoms with Crippen LogP contribution in [0.15, 0.2) is 16.9 Å². The molecule has 78 valence electrons. The highest BCUT2D eigenvalue weighted by Gasteiger charge is 2.01. The van der Waals surface area contributed by atoms with Crippen LogP contribution in [0.3, 0.4) is 0 Å². The third-order valence-corrected chi connectivity index (χ3v) is 1.78. The van der Waals surface area contributed by atoms with E-state index >= 15 is 0 Å². The summed E-state index contributed by atoms with van der Waals surface area (Å²) in [7, 11) is 0. The smallest absolute Gasteiger partial charge is 0.321 e. The molecule has 0 radical (unpaired) electrons. The number of hydrogen-bond donors (Lipinski definition) is 1. The van der Waals surface area contributed by atoms with E-state index in [0.29, 0.717) is 18.4 Å². The van der Waals surface area contributed by atoms with Crippen LogP contribution in [-0.2, 0) is 6.54 Å². The van der Waals surface area contributed by atoms with Gasteiger partial charge in [-0.25, -0.2) is 0 Å². The summed E-state index contributed by atoms with van der Waals surface area (Å²) in [5.41, 5.74) is 1.73. The van der Waals surface area contributed by atoms with E-state index in [2.05, 4.69) is 25.4 Å². The van der Waals surface area contributed by atoms with Gasteiger partial charge in [0.1, 0.15) is 0 Å². The Morgan fingerprint density at radius 3 is 2.73 bits per heavy atom. The second kappa shape index (κ2) is 4.04. The molecule has 6 nitrogen and oxygen atoms in total. The van der Waals surface area contributed by atoms with Crippen LogP contribution in [-0.4, -0.2) is 20.1 Å². The van der Waals surface area contributed by atoms with Gasteiger partial charge in [0, 0.05) is 6.20 Å². The SMILES string of the molecule is Cc1cnc(CNc2nc(C)no2)cn1. The molecule has 0 aliphatic carbocycles. The first-order valence-electron chi connectivity index (χ1n) is 4.56. The summed E-state index contributed by atoms with van der Waals surface area (Å²) in [4.78, 5) is 12.3. The van der Waals surface area contributed by atoms with Crippen molar-refractivity contribution in [2.45, 2.75) is 20.4 Å². The van der Waals surface area contributed by atoms with Gasteiger partial charge in [0.2, 0.25) is 0 Å². The minimum Gasteiger partial charge on any atom is -0.332 e. The fraction of sp³-hybridized carbons (Fsp3) is 0.333. The van der Waals surface area contributed by atoms with Gasteiger partial charge in [-0.15, -0.1) is 0 Å². The zero-order chi connectivity index (χ0) is 10.7. The molecule has 2 rings (SSSR count). The molecule has 0 atom stereocenters. The molecule has 0 saturated heterocycles. The molecule has 0 aromatic carbocycles. The van der Waals surface area contributed by atoms with Gasteiger partial charge in [-0.1, -0.05) is 5.16 Å². The molecule has 6 heteroatoms. The lowest BCUT2D eigenvalue weighted by Gasteiger charge is -1.99. The summed E-state index contributed by atoms with van der Waals surface area (Å²) in [6.07, 6.45) is 3.43. The van der Waals surface area contributed by atoms with E-state index in [4.69, 9.17) is 4.52 Å². The molecular weight excluding hydrogens is 194 g/mol. The molecule has 0 unspecified atom stereocenters. The topological polar surface area (TPSA) is 76.7 Å². The molecule has 0 bridgehead atoms. The van der Waals surface area contributed by atoms with E-state index in [0.717, 1.165) is 11.4 Å². The Morgan fingerprint density at radius 2 is 2.13 bits per heavy atom. The van der Waals surface area contributed by atoms with Crippen molar-refractivity contribution in [2.75, 3.05) is 5.32 Å². The lowest BCUT2D eigenvalue weighted by atomic mass is 10.4. The molecular formula is C9H11N5O. The largest absolute Gasteiger partial charge is 0.332 e. The van der Waals surface area contributed by atoms with Crippen molar-refractivity contribution in [1.82, 2.24) is 20.1 Å². The zero-order valence-electron chi connectivity index (χ0n) is 8.56. The van der Waals surface area contributed by atoms with Crippen molar-refractivity contribution in [1.29, 1.82) is 0 Å². The van der Waals surface area contributed by atoms with Crippen molar-refractivity contribution in [3.8, 4) is 0 Å². The van der Waals surface area contributed by atoms with Gasteiger partial charge in [0.15, 0.2) is 5.82 Å². The average Bonchev–Trinajstić information content (AvgIpc) is 2.64. The Hall–Kier alpha value is -1.98. The van der Waals surface area contributed by atoms with Gasteiger partial charge in [-0.2, -0.15) is 4.98 Å². The quantitative estimate of drug-likeness (QED) is 0.808. The number of hydrogen-bond acceptors (Lipinski definition) is 6. The summed E-state index contributed by atoms with van der Waals surface area (Å²) < 4.78 is 4.89. The Balaban J connectivity index is 1.96. The second-order valence-electron chi connectivity index (χ2n) is 3.15. The van der Waals surface area contributed by atoms with Crippen LogP contribution < -0.4 is 5.32 Å². The minimum absolute atomic E-state index is 0.398. The van der Waals surface area contributed by atoms with Gasteiger partial charge < -0.3 is 9.84 Å². The van der Waals surface area contributed by atoms with E-state index in [1.54, 1.807) is 19.3 Å². The molecule has 0 fully saturated rings. The monoisotopic (exact) mass is 205 g/mol. The van der Waals surface area contributed by atoms with Crippen LogP contribution in [0.25, 0.3) is 0 Å². The Morgan fingerprint density at radius 1 is 1.27 bits per heavy atom. The number of aromatic nitrogens is 4. The molecule has 0 aliphatic heterocycles. The summed E-state index contributed by atoms with van der Waals surface area (Å²) in [5.74, 6) is 0.604. The van der Waals surface area contributed by atoms with Crippen molar-refractivity contribution in [3.63, 3.8) is 0 Å². The molecule has 1 N–H and O–H groups in total. The van der Waals surface area contributed by atoms with Gasteiger partial charge in [-0.05, 0) is 13.8 Å². The van der Waals surface area contributed by atoms with Crippen LogP contribution in [0.2, 0.25) is 0 Å². The molecule has 2 aromatic rings. The van der Waals surface area contributed by atoms with E-state index in [-0.39, 0.29) is 0 Å². The van der Waals surface area contributed by atoms with Crippen LogP contribution >= 0.6 is 0 Å². The Kier molecular flexibility index (Phi) is 2.57. The molecule has 15 heavy (non-hydrogen) atoms. The van der Waals surface area contributed by atoms with Gasteiger partial charge >= 0.3 is 6.01 Å². The van der Waals surface area contributed by atoms with E-state index in [1.165, 1.54) is 0 Å². The first-order valence-corrected chi connectivity index (χ1v) is 4.56. The fourth-order valence-electron chi connectivity index (χ4n) is 1.05. The number of rotatable bonds is 3. The summed E-state index contributed by atoms with van der Waals surface area (Å²) >= 11 is 0. The second-order valence-corrected chi connectivity index (χ2v) is 3.15. The van der Waals surface area contributed by atoms with Gasteiger partial charge in [-0.3, -0.25) is 9.97 Å². The van der Waals surface area contributed by atoms with Crippen molar-refractivity contribution in [2.24, 2.45) is 0 Å². The maximum absolute atomic E-state index is 4.89. The Bertz CT molecular complexity index is 436. The van der Waals surface area contributed by atoms with Gasteiger partial charge in [0.05, 0.1) is 24.1 Å². The predicted octanol–water partition coefficient (Wildman–Crippen LogP) is 1.09. The van der Waals surface area contributed by atoms with Crippen molar-refractivity contribution in [3.05, 3.63) is 29.6 Å². The average molecular weight is 205 g/mol. The maximum Gasteiger partial charge on any atom is 0.321 e. The summed E-state index contributed by atoms with van der Waals surface area (Å²) in [5, 5.41) is 6.62. The summed E-state index contributed by atoms with van der Waals surface area (Å²) in [6.45, 7) is 4.18. The number of nitrogens with one attached hydrogen (secondary N) is 1. The third-order valence-electron chi connectivity index (χ3n) is 1.78. The zero-order valence-corrected chi connectivity index (χ0v) is 8.56. The minimum atomic E-state index is 0.398. The molecule has 2 aromatic heterocycles. The molecule has 0 amide bonds.